The van der Waals surface area contributed by atoms with Gasteiger partial charge in [-0.05, 0) is 6.92 Å². The van der Waals surface area contributed by atoms with Gasteiger partial charge in [-0.1, -0.05) is 0 Å². The molecule has 1 aromatic heterocycles. The van der Waals surface area contributed by atoms with E-state index < -0.39 is 18.4 Å². The van der Waals surface area contributed by atoms with Crippen LogP contribution >= 0.6 is 0 Å². The summed E-state index contributed by atoms with van der Waals surface area (Å²) in [5, 5.41) is 4.52. The quantitative estimate of drug-likeness (QED) is 0.308. The van der Waals surface area contributed by atoms with Crippen molar-refractivity contribution in [2.75, 3.05) is 39.3 Å². The van der Waals surface area contributed by atoms with E-state index in [0.717, 1.165) is 44.8 Å². The van der Waals surface area contributed by atoms with Crippen molar-refractivity contribution in [3.05, 3.63) is 11.8 Å². The molecule has 0 unspecified atom stereocenters. The summed E-state index contributed by atoms with van der Waals surface area (Å²) in [6.07, 6.45) is 8.58. The maximum absolute atomic E-state index is 11.9. The van der Waals surface area contributed by atoms with Gasteiger partial charge in [-0.2, -0.15) is 0 Å². The number of carbonyl (C=O) groups is 1. The van der Waals surface area contributed by atoms with Crippen molar-refractivity contribution in [3.63, 3.8) is 0 Å². The van der Waals surface area contributed by atoms with Crippen LogP contribution in [0.2, 0.25) is 13.3 Å². The van der Waals surface area contributed by atoms with Crippen LogP contribution in [0.25, 0.3) is 0 Å². The molecule has 0 atom stereocenters. The molecule has 0 aromatic carbocycles. The number of aromatic nitrogens is 1. The SMILES string of the molecule is CCC[CH2][Sn]([CH2]CCC)([CH2]CCC)[c]1cc(CCN2CCN(C(=O)OCC)CC2)no1. The molecule has 31 heavy (non-hydrogen) atoms. The van der Waals surface area contributed by atoms with Gasteiger partial charge in [-0.25, -0.2) is 0 Å². The van der Waals surface area contributed by atoms with Crippen LogP contribution in [0, 0.1) is 0 Å². The van der Waals surface area contributed by atoms with Crippen LogP contribution in [0.5, 0.6) is 0 Å². The average molecular weight is 542 g/mol. The molecule has 0 saturated carbocycles. The molecule has 1 aromatic rings. The van der Waals surface area contributed by atoms with Gasteiger partial charge in [0.2, 0.25) is 0 Å². The van der Waals surface area contributed by atoms with Crippen LogP contribution in [-0.2, 0) is 11.2 Å². The first-order chi connectivity index (χ1) is 15.1. The maximum atomic E-state index is 11.9. The molecule has 6 nitrogen and oxygen atoms in total. The zero-order valence-electron chi connectivity index (χ0n) is 20.5. The van der Waals surface area contributed by atoms with Gasteiger partial charge in [-0.15, -0.1) is 0 Å². The van der Waals surface area contributed by atoms with Crippen molar-refractivity contribution in [2.24, 2.45) is 0 Å². The molecule has 178 valence electrons. The van der Waals surface area contributed by atoms with Gasteiger partial charge in [-0.3, -0.25) is 0 Å². The average Bonchev–Trinajstić information content (AvgIpc) is 3.27. The first-order valence-corrected chi connectivity index (χ1v) is 20.2. The molecule has 7 heteroatoms. The van der Waals surface area contributed by atoms with E-state index in [1.54, 1.807) is 0 Å². The molecule has 0 radical (unpaired) electrons. The van der Waals surface area contributed by atoms with Gasteiger partial charge in [0.25, 0.3) is 0 Å². The second-order valence-corrected chi connectivity index (χ2v) is 22.0. The van der Waals surface area contributed by atoms with Gasteiger partial charge in [0.15, 0.2) is 0 Å². The Labute approximate surface area is 193 Å². The fourth-order valence-electron chi connectivity index (χ4n) is 4.61. The Balaban J connectivity index is 1.95. The minimum absolute atomic E-state index is 0.182. The third kappa shape index (κ3) is 8.26. The number of ether oxygens (including phenoxy) is 1. The molecule has 1 amide bonds. The Morgan fingerprint density at radius 2 is 1.58 bits per heavy atom. The van der Waals surface area contributed by atoms with E-state index in [-0.39, 0.29) is 6.09 Å². The van der Waals surface area contributed by atoms with E-state index in [1.165, 1.54) is 55.6 Å². The van der Waals surface area contributed by atoms with Gasteiger partial charge < -0.3 is 0 Å². The molecular formula is C24H45N3O3Sn. The summed E-state index contributed by atoms with van der Waals surface area (Å²) in [6, 6.07) is 2.34. The molecule has 1 aliphatic heterocycles. The van der Waals surface area contributed by atoms with Gasteiger partial charge in [0.1, 0.15) is 0 Å². The zero-order chi connectivity index (χ0) is 22.5. The van der Waals surface area contributed by atoms with Crippen LogP contribution < -0.4 is 3.78 Å². The van der Waals surface area contributed by atoms with Gasteiger partial charge in [0.05, 0.1) is 0 Å². The second kappa shape index (κ2) is 14.4. The van der Waals surface area contributed by atoms with E-state index in [0.29, 0.717) is 6.61 Å². The summed E-state index contributed by atoms with van der Waals surface area (Å²) in [7, 11) is 0. The molecule has 2 rings (SSSR count). The summed E-state index contributed by atoms with van der Waals surface area (Å²) < 4.78 is 16.8. The summed E-state index contributed by atoms with van der Waals surface area (Å²) in [4.78, 5) is 16.1. The minimum atomic E-state index is -2.52. The number of piperazine rings is 1. The number of rotatable bonds is 14. The number of unbranched alkanes of at least 4 members (excludes halogenated alkanes) is 3. The fourth-order valence-corrected chi connectivity index (χ4v) is 19.7. The third-order valence-electron chi connectivity index (χ3n) is 6.69. The van der Waals surface area contributed by atoms with Crippen molar-refractivity contribution < 1.29 is 14.1 Å². The Hall–Kier alpha value is -0.761. The predicted molar refractivity (Wildman–Crippen MR) is 130 cm³/mol. The fraction of sp³-hybridized carbons (Fsp3) is 0.833. The number of nitrogens with zero attached hydrogens (tertiary/aromatic N) is 3. The Kier molecular flexibility index (Phi) is 12.3. The Bertz CT molecular complexity index is 608. The van der Waals surface area contributed by atoms with E-state index in [2.05, 4.69) is 36.9 Å². The molecular weight excluding hydrogens is 497 g/mol. The second-order valence-electron chi connectivity index (χ2n) is 9.05. The van der Waals surface area contributed by atoms with Crippen molar-refractivity contribution >= 4 is 28.2 Å². The van der Waals surface area contributed by atoms with E-state index in [9.17, 15) is 4.79 Å². The molecule has 1 aliphatic rings. The summed E-state index contributed by atoms with van der Waals surface area (Å²) in [5.74, 6) is 0. The van der Waals surface area contributed by atoms with Crippen LogP contribution in [-0.4, -0.2) is 78.8 Å². The Morgan fingerprint density at radius 3 is 2.10 bits per heavy atom. The van der Waals surface area contributed by atoms with Crippen LogP contribution in [0.3, 0.4) is 0 Å². The summed E-state index contributed by atoms with van der Waals surface area (Å²) in [5.41, 5.74) is 1.12. The van der Waals surface area contributed by atoms with Gasteiger partial charge >= 0.3 is 187 Å². The normalized spacial score (nSPS) is 15.4. The number of hydrogen-bond acceptors (Lipinski definition) is 5. The molecule has 0 spiro atoms. The molecule has 0 aliphatic carbocycles. The van der Waals surface area contributed by atoms with Crippen molar-refractivity contribution in [1.82, 2.24) is 15.0 Å². The van der Waals surface area contributed by atoms with E-state index in [1.807, 2.05) is 11.8 Å². The van der Waals surface area contributed by atoms with Crippen molar-refractivity contribution in [2.45, 2.75) is 86.0 Å². The molecule has 0 N–H and O–H groups in total. The monoisotopic (exact) mass is 543 g/mol. The third-order valence-corrected chi connectivity index (χ3v) is 21.6. The molecule has 1 saturated heterocycles. The summed E-state index contributed by atoms with van der Waals surface area (Å²) in [6.45, 7) is 13.5. The van der Waals surface area contributed by atoms with Crippen LogP contribution in [0.4, 0.5) is 4.79 Å². The number of carbonyl (C=O) groups excluding carboxylic acids is 1. The van der Waals surface area contributed by atoms with Crippen LogP contribution in [0.1, 0.15) is 71.9 Å². The van der Waals surface area contributed by atoms with Gasteiger partial charge in [0, 0.05) is 0 Å². The zero-order valence-corrected chi connectivity index (χ0v) is 23.3. The van der Waals surface area contributed by atoms with E-state index >= 15 is 0 Å². The van der Waals surface area contributed by atoms with Crippen LogP contribution in [0.15, 0.2) is 10.6 Å². The standard InChI is InChI=1S/C12H18N3O3.3C4H9.Sn/c1-2-17-12(16)15-8-6-14(7-9-15)5-3-11-4-10-18-13-11;3*1-3-4-2;/h4H,2-3,5-9H2,1H3;3*1,3-4H2,2H3;. The topological polar surface area (TPSA) is 58.8 Å². The number of hydrogen-bond donors (Lipinski definition) is 0. The van der Waals surface area contributed by atoms with Crippen molar-refractivity contribution in [1.29, 1.82) is 0 Å². The molecule has 2 heterocycles. The number of amides is 1. The molecule has 1 fully saturated rings. The predicted octanol–water partition coefficient (Wildman–Crippen LogP) is 5.05. The Morgan fingerprint density at radius 1 is 1.00 bits per heavy atom. The first-order valence-electron chi connectivity index (χ1n) is 12.7. The van der Waals surface area contributed by atoms with E-state index in [4.69, 9.17) is 9.26 Å². The molecule has 0 bridgehead atoms. The summed E-state index contributed by atoms with van der Waals surface area (Å²) >= 11 is -2.52. The first kappa shape index (κ1) is 26.5. The van der Waals surface area contributed by atoms with Crippen molar-refractivity contribution in [3.8, 4) is 0 Å².